The third kappa shape index (κ3) is 6.24. The second kappa shape index (κ2) is 7.62. The van der Waals surface area contributed by atoms with E-state index in [1.807, 2.05) is 0 Å². The van der Waals surface area contributed by atoms with Crippen molar-refractivity contribution in [3.8, 4) is 0 Å². The van der Waals surface area contributed by atoms with Gasteiger partial charge in [0.25, 0.3) is 0 Å². The molecule has 0 heterocycles. The molecule has 0 saturated heterocycles. The summed E-state index contributed by atoms with van der Waals surface area (Å²) in [4.78, 5) is 11.6. The first kappa shape index (κ1) is 15.3. The second-order valence-electron chi connectivity index (χ2n) is 6.09. The molecule has 0 aromatic carbocycles. The number of aliphatic hydroxyl groups excluding tert-OH is 1. The Hall–Kier alpha value is -0.770. The van der Waals surface area contributed by atoms with E-state index in [0.717, 1.165) is 25.2 Å². The van der Waals surface area contributed by atoms with E-state index in [1.165, 1.54) is 12.8 Å². The highest BCUT2D eigenvalue weighted by molar-refractivity contribution is 5.74. The summed E-state index contributed by atoms with van der Waals surface area (Å²) in [6, 6.07) is 0.167. The molecule has 0 aromatic heterocycles. The van der Waals surface area contributed by atoms with Crippen LogP contribution in [0.1, 0.15) is 52.9 Å². The minimum atomic E-state index is -0.442. The van der Waals surface area contributed by atoms with Gasteiger partial charge < -0.3 is 15.7 Å². The summed E-state index contributed by atoms with van der Waals surface area (Å²) in [7, 11) is 0. The first-order chi connectivity index (χ1) is 8.47. The molecule has 3 N–H and O–H groups in total. The van der Waals surface area contributed by atoms with Crippen molar-refractivity contribution in [2.24, 2.45) is 11.8 Å². The molecule has 18 heavy (non-hydrogen) atoms. The molecule has 1 unspecified atom stereocenters. The first-order valence-corrected chi connectivity index (χ1v) is 7.19. The molecule has 4 nitrogen and oxygen atoms in total. The quantitative estimate of drug-likeness (QED) is 0.706. The number of urea groups is 1. The molecule has 1 fully saturated rings. The van der Waals surface area contributed by atoms with E-state index in [-0.39, 0.29) is 6.03 Å². The van der Waals surface area contributed by atoms with Crippen molar-refractivity contribution in [3.63, 3.8) is 0 Å². The van der Waals surface area contributed by atoms with Gasteiger partial charge in [0.1, 0.15) is 0 Å². The van der Waals surface area contributed by atoms with E-state index in [9.17, 15) is 9.90 Å². The number of aliphatic hydroxyl groups is 1. The van der Waals surface area contributed by atoms with Gasteiger partial charge in [-0.25, -0.2) is 4.79 Å². The van der Waals surface area contributed by atoms with Gasteiger partial charge in [0.2, 0.25) is 0 Å². The average molecular weight is 256 g/mol. The third-order valence-corrected chi connectivity index (χ3v) is 3.59. The maximum atomic E-state index is 11.6. The minimum Gasteiger partial charge on any atom is -0.391 e. The minimum absolute atomic E-state index is 0.141. The van der Waals surface area contributed by atoms with E-state index < -0.39 is 6.10 Å². The van der Waals surface area contributed by atoms with Crippen LogP contribution >= 0.6 is 0 Å². The summed E-state index contributed by atoms with van der Waals surface area (Å²) in [6.45, 7) is 6.73. The summed E-state index contributed by atoms with van der Waals surface area (Å²) in [6.07, 6.45) is 4.82. The van der Waals surface area contributed by atoms with Crippen molar-refractivity contribution in [2.75, 3.05) is 6.54 Å². The fourth-order valence-electron chi connectivity index (χ4n) is 2.48. The lowest BCUT2D eigenvalue weighted by Crippen LogP contribution is -2.45. The molecule has 0 aliphatic heterocycles. The normalized spacial score (nSPS) is 25.8. The van der Waals surface area contributed by atoms with Gasteiger partial charge in [0.15, 0.2) is 0 Å². The van der Waals surface area contributed by atoms with Gasteiger partial charge in [0.05, 0.1) is 6.10 Å². The number of amides is 2. The van der Waals surface area contributed by atoms with Crippen LogP contribution in [0.4, 0.5) is 4.79 Å². The van der Waals surface area contributed by atoms with Gasteiger partial charge in [0, 0.05) is 12.6 Å². The van der Waals surface area contributed by atoms with Gasteiger partial charge in [-0.3, -0.25) is 0 Å². The van der Waals surface area contributed by atoms with Crippen LogP contribution in [0.2, 0.25) is 0 Å². The Bertz CT molecular complexity index is 248. The maximum Gasteiger partial charge on any atom is 0.315 e. The highest BCUT2D eigenvalue weighted by Gasteiger charge is 2.19. The zero-order valence-corrected chi connectivity index (χ0v) is 11.9. The summed E-state index contributed by atoms with van der Waals surface area (Å²) in [5.41, 5.74) is 0. The second-order valence-corrected chi connectivity index (χ2v) is 6.09. The molecule has 0 radical (unpaired) electrons. The molecular formula is C14H28N2O2. The average Bonchev–Trinajstić information content (AvgIpc) is 2.29. The van der Waals surface area contributed by atoms with Crippen molar-refractivity contribution in [2.45, 2.75) is 65.0 Å². The van der Waals surface area contributed by atoms with E-state index in [2.05, 4.69) is 31.4 Å². The standard InChI is InChI=1S/C14H28N2O2/c1-10(2)8-13(17)9-15-14(18)16-12-6-4-11(3)5-7-12/h10-13,17H,4-9H2,1-3H3,(H2,15,16,18). The largest absolute Gasteiger partial charge is 0.391 e. The number of carbonyl (C=O) groups excluding carboxylic acids is 1. The van der Waals surface area contributed by atoms with Crippen LogP contribution < -0.4 is 10.6 Å². The van der Waals surface area contributed by atoms with E-state index in [1.54, 1.807) is 0 Å². The molecule has 4 heteroatoms. The van der Waals surface area contributed by atoms with Crippen LogP contribution in [0.5, 0.6) is 0 Å². The molecule has 0 spiro atoms. The van der Waals surface area contributed by atoms with Gasteiger partial charge in [-0.2, -0.15) is 0 Å². The molecule has 0 bridgehead atoms. The number of nitrogens with one attached hydrogen (secondary N) is 2. The van der Waals surface area contributed by atoms with E-state index in [0.29, 0.717) is 18.5 Å². The lowest BCUT2D eigenvalue weighted by molar-refractivity contribution is 0.146. The zero-order valence-electron chi connectivity index (χ0n) is 11.9. The smallest absolute Gasteiger partial charge is 0.315 e. The van der Waals surface area contributed by atoms with E-state index in [4.69, 9.17) is 0 Å². The van der Waals surface area contributed by atoms with Gasteiger partial charge >= 0.3 is 6.03 Å². The van der Waals surface area contributed by atoms with Gasteiger partial charge in [-0.05, 0) is 43.9 Å². The Labute approximate surface area is 111 Å². The van der Waals surface area contributed by atoms with Crippen LogP contribution in [0.25, 0.3) is 0 Å². The number of hydrogen-bond acceptors (Lipinski definition) is 2. The molecule has 1 saturated carbocycles. The predicted molar refractivity (Wildman–Crippen MR) is 73.4 cm³/mol. The van der Waals surface area contributed by atoms with Gasteiger partial charge in [-0.1, -0.05) is 20.8 Å². The van der Waals surface area contributed by atoms with E-state index >= 15 is 0 Å². The fraction of sp³-hybridized carbons (Fsp3) is 0.929. The summed E-state index contributed by atoms with van der Waals surface area (Å²) in [5.74, 6) is 1.24. The maximum absolute atomic E-state index is 11.6. The van der Waals surface area contributed by atoms with Crippen LogP contribution in [0.3, 0.4) is 0 Å². The van der Waals surface area contributed by atoms with Gasteiger partial charge in [-0.15, -0.1) is 0 Å². The Morgan fingerprint density at radius 1 is 1.28 bits per heavy atom. The lowest BCUT2D eigenvalue weighted by Gasteiger charge is -2.27. The van der Waals surface area contributed by atoms with Crippen molar-refractivity contribution in [1.29, 1.82) is 0 Å². The summed E-state index contributed by atoms with van der Waals surface area (Å²) in [5, 5.41) is 15.4. The van der Waals surface area contributed by atoms with Crippen molar-refractivity contribution < 1.29 is 9.90 Å². The number of rotatable bonds is 5. The third-order valence-electron chi connectivity index (χ3n) is 3.59. The molecule has 1 aliphatic rings. The molecule has 1 atom stereocenters. The highest BCUT2D eigenvalue weighted by Crippen LogP contribution is 2.23. The Balaban J connectivity index is 2.13. The topological polar surface area (TPSA) is 61.4 Å². The summed E-state index contributed by atoms with van der Waals surface area (Å²) >= 11 is 0. The Kier molecular flexibility index (Phi) is 6.47. The zero-order chi connectivity index (χ0) is 13.5. The molecule has 106 valence electrons. The highest BCUT2D eigenvalue weighted by atomic mass is 16.3. The van der Waals surface area contributed by atoms with Crippen LogP contribution in [-0.4, -0.2) is 29.8 Å². The lowest BCUT2D eigenvalue weighted by atomic mass is 9.87. The van der Waals surface area contributed by atoms with Crippen LogP contribution in [0, 0.1) is 11.8 Å². The molecular weight excluding hydrogens is 228 g/mol. The Morgan fingerprint density at radius 3 is 2.44 bits per heavy atom. The SMILES string of the molecule is CC(C)CC(O)CNC(=O)NC1CCC(C)CC1. The first-order valence-electron chi connectivity index (χ1n) is 7.19. The van der Waals surface area contributed by atoms with Crippen molar-refractivity contribution in [1.82, 2.24) is 10.6 Å². The number of hydrogen-bond donors (Lipinski definition) is 3. The Morgan fingerprint density at radius 2 is 1.89 bits per heavy atom. The molecule has 0 aromatic rings. The monoisotopic (exact) mass is 256 g/mol. The molecule has 1 rings (SSSR count). The predicted octanol–water partition coefficient (Wildman–Crippen LogP) is 2.27. The molecule has 2 amide bonds. The van der Waals surface area contributed by atoms with Crippen LogP contribution in [0.15, 0.2) is 0 Å². The molecule has 1 aliphatic carbocycles. The summed E-state index contributed by atoms with van der Waals surface area (Å²) < 4.78 is 0. The number of carbonyl (C=O) groups is 1. The van der Waals surface area contributed by atoms with Crippen LogP contribution in [-0.2, 0) is 0 Å². The van der Waals surface area contributed by atoms with Crippen molar-refractivity contribution >= 4 is 6.03 Å². The van der Waals surface area contributed by atoms with Crippen molar-refractivity contribution in [3.05, 3.63) is 0 Å². The fourth-order valence-corrected chi connectivity index (χ4v) is 2.48.